The molecule has 0 amide bonds. The molecule has 0 atom stereocenters. The van der Waals surface area contributed by atoms with E-state index >= 15 is 0 Å². The molecule has 0 saturated carbocycles. The topological polar surface area (TPSA) is 38.8 Å². The smallest absolute Gasteiger partial charge is 0.338 e. The Kier molecular flexibility index (Phi) is 8.68. The second-order valence-corrected chi connectivity index (χ2v) is 8.59. The lowest BCUT2D eigenvalue weighted by molar-refractivity contribution is -0.0272. The van der Waals surface area contributed by atoms with Crippen molar-refractivity contribution in [2.24, 2.45) is 0 Å². The van der Waals surface area contributed by atoms with Gasteiger partial charge in [-0.15, -0.1) is 0 Å². The number of likely N-dealkylation sites (tertiary alicyclic amines) is 1. The minimum absolute atomic E-state index is 0.0248. The van der Waals surface area contributed by atoms with Gasteiger partial charge in [0, 0.05) is 13.1 Å². The van der Waals surface area contributed by atoms with E-state index in [1.54, 1.807) is 12.1 Å². The first-order valence-electron chi connectivity index (χ1n) is 12.0. The molecular formula is C29H33NO3. The largest absolute Gasteiger partial charge is 0.462 e. The summed E-state index contributed by atoms with van der Waals surface area (Å²) < 4.78 is 12.0. The monoisotopic (exact) mass is 443 g/mol. The summed E-state index contributed by atoms with van der Waals surface area (Å²) in [6.07, 6.45) is 4.24. The Morgan fingerprint density at radius 1 is 0.788 bits per heavy atom. The third kappa shape index (κ3) is 7.01. The normalized spacial score (nSPS) is 14.9. The van der Waals surface area contributed by atoms with E-state index in [0.29, 0.717) is 12.2 Å². The number of unbranched alkanes of at least 4 members (excludes halogenated alkanes) is 1. The van der Waals surface area contributed by atoms with Crippen molar-refractivity contribution in [3.8, 4) is 0 Å². The van der Waals surface area contributed by atoms with Crippen LogP contribution in [0.1, 0.15) is 53.3 Å². The van der Waals surface area contributed by atoms with Crippen molar-refractivity contribution in [1.29, 1.82) is 0 Å². The van der Waals surface area contributed by atoms with Crippen molar-refractivity contribution in [2.45, 2.75) is 37.9 Å². The zero-order valence-corrected chi connectivity index (χ0v) is 19.1. The molecule has 0 aromatic heterocycles. The van der Waals surface area contributed by atoms with Crippen molar-refractivity contribution < 1.29 is 14.3 Å². The highest BCUT2D eigenvalue weighted by Gasteiger charge is 2.24. The van der Waals surface area contributed by atoms with Gasteiger partial charge < -0.3 is 14.4 Å². The van der Waals surface area contributed by atoms with Crippen LogP contribution in [0.25, 0.3) is 0 Å². The maximum atomic E-state index is 12.0. The van der Waals surface area contributed by atoms with Crippen LogP contribution in [0.4, 0.5) is 0 Å². The summed E-state index contributed by atoms with van der Waals surface area (Å²) in [7, 11) is 0. The van der Waals surface area contributed by atoms with E-state index in [1.807, 2.05) is 30.3 Å². The minimum atomic E-state index is -0.236. The molecule has 0 aliphatic carbocycles. The first-order chi connectivity index (χ1) is 16.3. The number of ether oxygens (including phenoxy) is 2. The molecule has 4 heteroatoms. The van der Waals surface area contributed by atoms with Gasteiger partial charge in [0.25, 0.3) is 0 Å². The van der Waals surface area contributed by atoms with Crippen LogP contribution < -0.4 is 0 Å². The molecule has 33 heavy (non-hydrogen) atoms. The number of carbonyl (C=O) groups excluding carboxylic acids is 1. The van der Waals surface area contributed by atoms with Crippen molar-refractivity contribution in [3.05, 3.63) is 108 Å². The van der Waals surface area contributed by atoms with E-state index in [4.69, 9.17) is 9.47 Å². The molecule has 0 N–H and O–H groups in total. The Morgan fingerprint density at radius 3 is 1.91 bits per heavy atom. The molecule has 1 heterocycles. The number of rotatable bonds is 10. The molecular weight excluding hydrogens is 410 g/mol. The molecule has 3 aromatic rings. The van der Waals surface area contributed by atoms with Gasteiger partial charge in [-0.2, -0.15) is 0 Å². The van der Waals surface area contributed by atoms with E-state index < -0.39 is 0 Å². The van der Waals surface area contributed by atoms with Crippen LogP contribution in [0, 0.1) is 0 Å². The van der Waals surface area contributed by atoms with Gasteiger partial charge in [0.1, 0.15) is 6.10 Å². The number of hydrogen-bond acceptors (Lipinski definition) is 4. The average Bonchev–Trinajstić information content (AvgIpc) is 2.89. The van der Waals surface area contributed by atoms with Gasteiger partial charge in [0.15, 0.2) is 0 Å². The first kappa shape index (κ1) is 23.2. The summed E-state index contributed by atoms with van der Waals surface area (Å²) in [5.74, 6) is -0.236. The predicted octanol–water partition coefficient (Wildman–Crippen LogP) is 5.89. The van der Waals surface area contributed by atoms with E-state index in [1.165, 1.54) is 11.1 Å². The maximum absolute atomic E-state index is 12.0. The van der Waals surface area contributed by atoms with Crippen LogP contribution in [0.3, 0.4) is 0 Å². The van der Waals surface area contributed by atoms with E-state index in [9.17, 15) is 4.79 Å². The lowest BCUT2D eigenvalue weighted by Gasteiger charge is -2.34. The Morgan fingerprint density at radius 2 is 1.33 bits per heavy atom. The highest BCUT2D eigenvalue weighted by atomic mass is 16.5. The van der Waals surface area contributed by atoms with Crippen molar-refractivity contribution in [3.63, 3.8) is 0 Å². The van der Waals surface area contributed by atoms with Crippen LogP contribution in [0.5, 0.6) is 0 Å². The standard InChI is InChI=1S/C29H33NO3/c31-29(26-16-8-3-9-17-26)32-23-11-10-20-30-21-18-27(19-22-30)33-28(24-12-4-1-5-13-24)25-14-6-2-7-15-25/h1-9,12-17,27-28H,10-11,18-23H2. The Balaban J connectivity index is 1.18. The fourth-order valence-electron chi connectivity index (χ4n) is 4.33. The second kappa shape index (κ2) is 12.3. The second-order valence-electron chi connectivity index (χ2n) is 8.59. The van der Waals surface area contributed by atoms with E-state index in [-0.39, 0.29) is 18.2 Å². The van der Waals surface area contributed by atoms with Crippen molar-refractivity contribution in [1.82, 2.24) is 4.90 Å². The van der Waals surface area contributed by atoms with Crippen molar-refractivity contribution >= 4 is 5.97 Å². The highest BCUT2D eigenvalue weighted by molar-refractivity contribution is 5.89. The molecule has 1 aliphatic heterocycles. The number of benzene rings is 3. The SMILES string of the molecule is O=C(OCCCCN1CCC(OC(c2ccccc2)c2ccccc2)CC1)c1ccccc1. The number of esters is 1. The molecule has 0 radical (unpaired) electrons. The quantitative estimate of drug-likeness (QED) is 0.289. The molecule has 4 nitrogen and oxygen atoms in total. The molecule has 1 fully saturated rings. The van der Waals surface area contributed by atoms with Gasteiger partial charge in [-0.3, -0.25) is 0 Å². The Labute approximate surface area is 197 Å². The summed E-state index contributed by atoms with van der Waals surface area (Å²) in [6.45, 7) is 3.61. The van der Waals surface area contributed by atoms with Crippen LogP contribution >= 0.6 is 0 Å². The minimum Gasteiger partial charge on any atom is -0.462 e. The number of nitrogens with zero attached hydrogens (tertiary/aromatic N) is 1. The molecule has 1 aliphatic rings. The van der Waals surface area contributed by atoms with Gasteiger partial charge in [0.05, 0.1) is 18.3 Å². The highest BCUT2D eigenvalue weighted by Crippen LogP contribution is 2.30. The van der Waals surface area contributed by atoms with E-state index in [0.717, 1.165) is 45.3 Å². The van der Waals surface area contributed by atoms with Gasteiger partial charge >= 0.3 is 5.97 Å². The lowest BCUT2D eigenvalue weighted by Crippen LogP contribution is -2.38. The molecule has 0 bridgehead atoms. The predicted molar refractivity (Wildman–Crippen MR) is 131 cm³/mol. The molecule has 4 rings (SSSR count). The van der Waals surface area contributed by atoms with Crippen molar-refractivity contribution in [2.75, 3.05) is 26.2 Å². The fraction of sp³-hybridized carbons (Fsp3) is 0.345. The molecule has 0 spiro atoms. The first-order valence-corrected chi connectivity index (χ1v) is 12.0. The van der Waals surface area contributed by atoms with Gasteiger partial charge in [0.2, 0.25) is 0 Å². The third-order valence-corrected chi connectivity index (χ3v) is 6.18. The maximum Gasteiger partial charge on any atom is 0.338 e. The summed E-state index contributed by atoms with van der Waals surface area (Å²) in [5, 5.41) is 0. The molecule has 172 valence electrons. The third-order valence-electron chi connectivity index (χ3n) is 6.18. The van der Waals surface area contributed by atoms with Gasteiger partial charge in [-0.05, 0) is 55.5 Å². The number of hydrogen-bond donors (Lipinski definition) is 0. The van der Waals surface area contributed by atoms with E-state index in [2.05, 4.69) is 53.4 Å². The van der Waals surface area contributed by atoms with Gasteiger partial charge in [-0.25, -0.2) is 4.79 Å². The van der Waals surface area contributed by atoms with Crippen LogP contribution in [0.15, 0.2) is 91.0 Å². The number of piperidine rings is 1. The summed E-state index contributed by atoms with van der Waals surface area (Å²) in [6, 6.07) is 30.2. The lowest BCUT2D eigenvalue weighted by atomic mass is 10.00. The van der Waals surface area contributed by atoms with Crippen LogP contribution in [-0.4, -0.2) is 43.2 Å². The van der Waals surface area contributed by atoms with Crippen LogP contribution in [0.2, 0.25) is 0 Å². The fourth-order valence-corrected chi connectivity index (χ4v) is 4.33. The average molecular weight is 444 g/mol. The molecule has 1 saturated heterocycles. The molecule has 3 aromatic carbocycles. The summed E-state index contributed by atoms with van der Waals surface area (Å²) in [5.41, 5.74) is 3.02. The Hall–Kier alpha value is -2.95. The number of carbonyl (C=O) groups is 1. The Bertz CT molecular complexity index is 914. The molecule has 0 unspecified atom stereocenters. The summed E-state index contributed by atoms with van der Waals surface area (Å²) >= 11 is 0. The van der Waals surface area contributed by atoms with Crippen LogP contribution in [-0.2, 0) is 9.47 Å². The van der Waals surface area contributed by atoms with Gasteiger partial charge in [-0.1, -0.05) is 78.9 Å². The summed E-state index contributed by atoms with van der Waals surface area (Å²) in [4.78, 5) is 14.5. The zero-order valence-electron chi connectivity index (χ0n) is 19.1. The zero-order chi connectivity index (χ0) is 22.7.